The van der Waals surface area contributed by atoms with Crippen molar-refractivity contribution in [2.75, 3.05) is 0 Å². The van der Waals surface area contributed by atoms with Crippen LogP contribution in [0.1, 0.15) is 0 Å². The molecule has 3 nitrogen and oxygen atoms in total. The second-order valence-electron chi connectivity index (χ2n) is 12.7. The van der Waals surface area contributed by atoms with E-state index in [0.29, 0.717) is 0 Å². The zero-order valence-electron chi connectivity index (χ0n) is 26.5. The summed E-state index contributed by atoms with van der Waals surface area (Å²) in [4.78, 5) is 5.20. The van der Waals surface area contributed by atoms with Gasteiger partial charge in [-0.05, 0) is 41.1 Å². The van der Waals surface area contributed by atoms with Crippen molar-refractivity contribution < 1.29 is 4.57 Å². The number of nitrogens with zero attached hydrogens (tertiary/aromatic N) is 2. The molecule has 7 aromatic carbocycles. The fraction of sp³-hybridized carbons (Fsp3) is 0. The maximum Gasteiger partial charge on any atom is 0.172 e. The minimum Gasteiger partial charge on any atom is -0.309 e. The van der Waals surface area contributed by atoms with Crippen LogP contribution in [0.15, 0.2) is 176 Å². The molecule has 49 heavy (non-hydrogen) atoms. The molecule has 0 spiro atoms. The third kappa shape index (κ3) is 4.10. The summed E-state index contributed by atoms with van der Waals surface area (Å²) >= 11 is 0. The number of fused-ring (bicyclic) bond motifs is 9. The van der Waals surface area contributed by atoms with Crippen molar-refractivity contribution in [3.8, 4) is 39.3 Å². The van der Waals surface area contributed by atoms with Gasteiger partial charge in [-0.2, -0.15) is 0 Å². The summed E-state index contributed by atoms with van der Waals surface area (Å²) < 4.78 is 18.3. The number of rotatable bonds is 4. The first kappa shape index (κ1) is 28.0. The maximum absolute atomic E-state index is 15.9. The van der Waals surface area contributed by atoms with Crippen LogP contribution >= 0.6 is 7.14 Å². The number of hydrogen-bond acceptors (Lipinski definition) is 2. The molecule has 1 aliphatic heterocycles. The Morgan fingerprint density at radius 1 is 0.469 bits per heavy atom. The Kier molecular flexibility index (Phi) is 6.15. The van der Waals surface area contributed by atoms with Crippen LogP contribution in [0.5, 0.6) is 0 Å². The molecule has 9 aromatic rings. The van der Waals surface area contributed by atoms with Gasteiger partial charge in [-0.3, -0.25) is 0 Å². The summed E-state index contributed by atoms with van der Waals surface area (Å²) in [5.74, 6) is 0. The molecule has 10 rings (SSSR count). The molecule has 1 aliphatic rings. The van der Waals surface area contributed by atoms with E-state index < -0.39 is 7.14 Å². The van der Waals surface area contributed by atoms with Crippen LogP contribution in [0.2, 0.25) is 0 Å². The Labute approximate surface area is 284 Å². The largest absolute Gasteiger partial charge is 0.309 e. The highest BCUT2D eigenvalue weighted by Gasteiger charge is 2.43. The first-order chi connectivity index (χ1) is 24.2. The number of aromatic nitrogens is 2. The number of benzene rings is 7. The van der Waals surface area contributed by atoms with Crippen molar-refractivity contribution >= 4 is 55.6 Å². The molecule has 230 valence electrons. The van der Waals surface area contributed by atoms with Crippen molar-refractivity contribution in [3.05, 3.63) is 176 Å². The Morgan fingerprint density at radius 3 is 1.71 bits per heavy atom. The highest BCUT2D eigenvalue weighted by Crippen LogP contribution is 2.56. The van der Waals surface area contributed by atoms with Crippen molar-refractivity contribution in [3.63, 3.8) is 0 Å². The van der Waals surface area contributed by atoms with E-state index in [1.165, 1.54) is 0 Å². The Morgan fingerprint density at radius 2 is 1.02 bits per heavy atom. The zero-order valence-corrected chi connectivity index (χ0v) is 27.4. The highest BCUT2D eigenvalue weighted by atomic mass is 31.2. The molecule has 4 heteroatoms. The topological polar surface area (TPSA) is 34.9 Å². The third-order valence-corrected chi connectivity index (χ3v) is 13.1. The van der Waals surface area contributed by atoms with E-state index in [-0.39, 0.29) is 0 Å². The van der Waals surface area contributed by atoms with Crippen LogP contribution in [0.25, 0.3) is 71.9 Å². The van der Waals surface area contributed by atoms with Crippen LogP contribution < -0.4 is 15.9 Å². The molecule has 0 fully saturated rings. The number of hydrogen-bond donors (Lipinski definition) is 0. The van der Waals surface area contributed by atoms with Gasteiger partial charge < -0.3 is 9.13 Å². The van der Waals surface area contributed by atoms with E-state index in [0.717, 1.165) is 87.8 Å². The molecule has 3 heterocycles. The summed E-state index contributed by atoms with van der Waals surface area (Å²) in [7, 11) is -3.21. The fourth-order valence-corrected chi connectivity index (χ4v) is 10.9. The van der Waals surface area contributed by atoms with Gasteiger partial charge in [0.2, 0.25) is 0 Å². The second kappa shape index (κ2) is 10.8. The monoisotopic (exact) mass is 644 g/mol. The number of pyridine rings is 1. The van der Waals surface area contributed by atoms with Gasteiger partial charge in [0.05, 0.1) is 28.1 Å². The summed E-state index contributed by atoms with van der Waals surface area (Å²) in [6.45, 7) is 0. The Bertz CT molecular complexity index is 2730. The minimum atomic E-state index is -3.21. The predicted molar refractivity (Wildman–Crippen MR) is 205 cm³/mol. The van der Waals surface area contributed by atoms with Crippen molar-refractivity contribution in [2.45, 2.75) is 0 Å². The SMILES string of the molecule is O=P1(c2ccccc2)c2ccc3ccccc3c2-c2c1ccc1c3ccccc3n(-c3cc(-c4ccccc4)nc(-c4ccccc4)c3)c21. The molecular formula is C45H29N2OP. The highest BCUT2D eigenvalue weighted by molar-refractivity contribution is 7.86. The Balaban J connectivity index is 1.39. The van der Waals surface area contributed by atoms with E-state index in [1.54, 1.807) is 0 Å². The molecule has 0 radical (unpaired) electrons. The normalized spacial score (nSPS) is 15.1. The lowest BCUT2D eigenvalue weighted by molar-refractivity contribution is 0.593. The van der Waals surface area contributed by atoms with Gasteiger partial charge in [-0.25, -0.2) is 4.98 Å². The van der Waals surface area contributed by atoms with Crippen LogP contribution in [-0.4, -0.2) is 9.55 Å². The number of para-hydroxylation sites is 1. The lowest BCUT2D eigenvalue weighted by atomic mass is 9.96. The first-order valence-electron chi connectivity index (χ1n) is 16.6. The van der Waals surface area contributed by atoms with Gasteiger partial charge in [-0.1, -0.05) is 146 Å². The van der Waals surface area contributed by atoms with Gasteiger partial charge in [0, 0.05) is 48.9 Å². The molecule has 2 aromatic heterocycles. The van der Waals surface area contributed by atoms with E-state index in [2.05, 4.69) is 138 Å². The summed E-state index contributed by atoms with van der Waals surface area (Å²) in [6.07, 6.45) is 0. The molecular weight excluding hydrogens is 615 g/mol. The second-order valence-corrected chi connectivity index (χ2v) is 15.4. The molecule has 1 atom stereocenters. The lowest BCUT2D eigenvalue weighted by Crippen LogP contribution is -2.20. The van der Waals surface area contributed by atoms with Gasteiger partial charge in [-0.15, -0.1) is 0 Å². The molecule has 1 unspecified atom stereocenters. The van der Waals surface area contributed by atoms with Gasteiger partial charge >= 0.3 is 0 Å². The van der Waals surface area contributed by atoms with Crippen LogP contribution in [-0.2, 0) is 4.57 Å². The molecule has 0 aliphatic carbocycles. The molecule has 0 bridgehead atoms. The van der Waals surface area contributed by atoms with Crippen molar-refractivity contribution in [2.24, 2.45) is 0 Å². The quantitative estimate of drug-likeness (QED) is 0.179. The van der Waals surface area contributed by atoms with Crippen LogP contribution in [0.4, 0.5) is 0 Å². The van der Waals surface area contributed by atoms with Crippen molar-refractivity contribution in [1.82, 2.24) is 9.55 Å². The molecule has 0 saturated carbocycles. The van der Waals surface area contributed by atoms with Gasteiger partial charge in [0.15, 0.2) is 7.14 Å². The van der Waals surface area contributed by atoms with Crippen LogP contribution in [0, 0.1) is 0 Å². The summed E-state index contributed by atoms with van der Waals surface area (Å²) in [5, 5.41) is 7.19. The smallest absolute Gasteiger partial charge is 0.172 e. The standard InChI is InChI=1S/C45H29N2OP/c48-49(34-19-8-3-9-20-34)41-26-24-30-14-10-11-21-35(30)43(41)44-42(49)27-25-37-36-22-12-13-23-40(36)47(45(37)44)33-28-38(31-15-4-1-5-16-31)46-39(29-33)32-17-6-2-7-18-32/h1-29H. The Hall–Kier alpha value is -6.02. The summed E-state index contributed by atoms with van der Waals surface area (Å²) in [5.41, 5.74) is 9.19. The van der Waals surface area contributed by atoms with Crippen molar-refractivity contribution in [1.29, 1.82) is 0 Å². The maximum atomic E-state index is 15.9. The van der Waals surface area contributed by atoms with E-state index >= 15 is 4.57 Å². The van der Waals surface area contributed by atoms with Gasteiger partial charge in [0.25, 0.3) is 0 Å². The van der Waals surface area contributed by atoms with Crippen LogP contribution in [0.3, 0.4) is 0 Å². The van der Waals surface area contributed by atoms with E-state index in [1.807, 2.05) is 42.5 Å². The third-order valence-electron chi connectivity index (χ3n) is 9.98. The fourth-order valence-electron chi connectivity index (χ4n) is 7.81. The molecule has 0 saturated heterocycles. The minimum absolute atomic E-state index is 0.855. The van der Waals surface area contributed by atoms with Gasteiger partial charge in [0.1, 0.15) is 0 Å². The average Bonchev–Trinajstić information content (AvgIpc) is 3.66. The average molecular weight is 645 g/mol. The zero-order chi connectivity index (χ0) is 32.5. The predicted octanol–water partition coefficient (Wildman–Crippen LogP) is 10.3. The molecule has 0 amide bonds. The van der Waals surface area contributed by atoms with E-state index in [4.69, 9.17) is 4.98 Å². The summed E-state index contributed by atoms with van der Waals surface area (Å²) in [6, 6.07) is 60.8. The molecule has 0 N–H and O–H groups in total. The van der Waals surface area contributed by atoms with E-state index in [9.17, 15) is 0 Å². The first-order valence-corrected chi connectivity index (χ1v) is 18.3. The lowest BCUT2D eigenvalue weighted by Gasteiger charge is -2.16.